The van der Waals surface area contributed by atoms with Gasteiger partial charge in [0, 0.05) is 13.1 Å². The molecule has 0 bridgehead atoms. The zero-order valence-corrected chi connectivity index (χ0v) is 14.0. The number of hydrogen-bond acceptors (Lipinski definition) is 4. The van der Waals surface area contributed by atoms with Crippen molar-refractivity contribution in [3.8, 4) is 0 Å². The molecule has 5 nitrogen and oxygen atoms in total. The molecular formula is C14H25Cl2N3O2. The number of amides is 1. The van der Waals surface area contributed by atoms with Gasteiger partial charge in [-0.1, -0.05) is 6.92 Å². The molecule has 1 aliphatic heterocycles. The van der Waals surface area contributed by atoms with Crippen LogP contribution in [0.3, 0.4) is 0 Å². The van der Waals surface area contributed by atoms with Crippen LogP contribution in [0, 0.1) is 5.92 Å². The van der Waals surface area contributed by atoms with Crippen molar-refractivity contribution in [3.63, 3.8) is 0 Å². The Balaban J connectivity index is 0.00000200. The summed E-state index contributed by atoms with van der Waals surface area (Å²) in [6.07, 6.45) is 4.06. The van der Waals surface area contributed by atoms with E-state index in [0.717, 1.165) is 6.54 Å². The van der Waals surface area contributed by atoms with Crippen LogP contribution in [0.5, 0.6) is 0 Å². The minimum atomic E-state index is -0.0864. The predicted molar refractivity (Wildman–Crippen MR) is 88.3 cm³/mol. The van der Waals surface area contributed by atoms with Crippen LogP contribution in [0.15, 0.2) is 16.7 Å². The van der Waals surface area contributed by atoms with Gasteiger partial charge in [0.2, 0.25) is 0 Å². The van der Waals surface area contributed by atoms with E-state index in [0.29, 0.717) is 30.3 Å². The summed E-state index contributed by atoms with van der Waals surface area (Å²) >= 11 is 0. The second-order valence-electron chi connectivity index (χ2n) is 5.33. The first-order valence-electron chi connectivity index (χ1n) is 6.97. The van der Waals surface area contributed by atoms with E-state index in [1.165, 1.54) is 32.2 Å². The third-order valence-corrected chi connectivity index (χ3v) is 3.50. The molecular weight excluding hydrogens is 313 g/mol. The highest BCUT2D eigenvalue weighted by molar-refractivity contribution is 5.93. The van der Waals surface area contributed by atoms with E-state index >= 15 is 0 Å². The summed E-state index contributed by atoms with van der Waals surface area (Å²) in [5.41, 5.74) is 6.00. The molecule has 0 saturated carbocycles. The number of carbonyl (C=O) groups excluding carboxylic acids is 1. The first kappa shape index (κ1) is 20.2. The Morgan fingerprint density at radius 1 is 1.43 bits per heavy atom. The number of nitrogens with zero attached hydrogens (tertiary/aromatic N) is 1. The lowest BCUT2D eigenvalue weighted by Gasteiger charge is -2.20. The topological polar surface area (TPSA) is 71.5 Å². The number of halogens is 2. The molecule has 2 heterocycles. The van der Waals surface area contributed by atoms with Crippen molar-refractivity contribution in [1.29, 1.82) is 0 Å². The molecule has 1 atom stereocenters. The minimum absolute atomic E-state index is 0. The summed E-state index contributed by atoms with van der Waals surface area (Å²) in [6, 6.07) is 1.69. The number of rotatable bonds is 6. The van der Waals surface area contributed by atoms with Crippen LogP contribution in [0.25, 0.3) is 0 Å². The number of hydrogen-bond donors (Lipinski definition) is 2. The number of furan rings is 1. The molecule has 3 N–H and O–H groups in total. The Kier molecular flexibility index (Phi) is 9.70. The number of likely N-dealkylation sites (tertiary alicyclic amines) is 1. The highest BCUT2D eigenvalue weighted by Crippen LogP contribution is 2.10. The van der Waals surface area contributed by atoms with Gasteiger partial charge in [-0.25, -0.2) is 0 Å². The molecule has 1 unspecified atom stereocenters. The van der Waals surface area contributed by atoms with Gasteiger partial charge in [0.05, 0.1) is 12.1 Å². The molecule has 0 radical (unpaired) electrons. The summed E-state index contributed by atoms with van der Waals surface area (Å²) in [6.45, 7) is 6.62. The van der Waals surface area contributed by atoms with E-state index in [1.807, 2.05) is 0 Å². The molecule has 21 heavy (non-hydrogen) atoms. The Bertz CT molecular complexity index is 420. The summed E-state index contributed by atoms with van der Waals surface area (Å²) in [5.74, 6) is 1.01. The van der Waals surface area contributed by atoms with Crippen LogP contribution in [-0.2, 0) is 6.54 Å². The first-order chi connectivity index (χ1) is 9.19. The molecule has 7 heteroatoms. The molecule has 0 spiro atoms. The summed E-state index contributed by atoms with van der Waals surface area (Å²) < 4.78 is 5.16. The van der Waals surface area contributed by atoms with Crippen LogP contribution >= 0.6 is 24.8 Å². The fourth-order valence-corrected chi connectivity index (χ4v) is 2.45. The molecule has 1 aromatic rings. The second kappa shape index (κ2) is 10.1. The maximum Gasteiger partial charge on any atom is 0.254 e. The van der Waals surface area contributed by atoms with E-state index in [9.17, 15) is 4.79 Å². The highest BCUT2D eigenvalue weighted by Gasteiger charge is 2.16. The number of carbonyl (C=O) groups is 1. The fourth-order valence-electron chi connectivity index (χ4n) is 2.45. The van der Waals surface area contributed by atoms with E-state index < -0.39 is 0 Å². The van der Waals surface area contributed by atoms with E-state index in [4.69, 9.17) is 10.2 Å². The molecule has 2 rings (SSSR count). The van der Waals surface area contributed by atoms with Crippen molar-refractivity contribution >= 4 is 30.7 Å². The van der Waals surface area contributed by atoms with Gasteiger partial charge in [-0.3, -0.25) is 4.79 Å². The fraction of sp³-hybridized carbons (Fsp3) is 0.643. The van der Waals surface area contributed by atoms with Crippen LogP contribution in [0.2, 0.25) is 0 Å². The quantitative estimate of drug-likeness (QED) is 0.833. The number of nitrogens with one attached hydrogen (secondary N) is 1. The Labute approximate surface area is 138 Å². The van der Waals surface area contributed by atoms with Gasteiger partial charge in [0.25, 0.3) is 5.91 Å². The molecule has 0 aliphatic carbocycles. The Morgan fingerprint density at radius 3 is 2.67 bits per heavy atom. The first-order valence-corrected chi connectivity index (χ1v) is 6.97. The molecule has 1 saturated heterocycles. The van der Waals surface area contributed by atoms with Crippen LogP contribution in [0.1, 0.15) is 35.9 Å². The number of nitrogens with two attached hydrogens (primary N) is 1. The summed E-state index contributed by atoms with van der Waals surface area (Å²) in [7, 11) is 0. The van der Waals surface area contributed by atoms with Gasteiger partial charge in [-0.15, -0.1) is 24.8 Å². The second-order valence-corrected chi connectivity index (χ2v) is 5.33. The summed E-state index contributed by atoms with van der Waals surface area (Å²) in [5, 5.41) is 2.94. The lowest BCUT2D eigenvalue weighted by atomic mass is 10.1. The van der Waals surface area contributed by atoms with Crippen molar-refractivity contribution < 1.29 is 9.21 Å². The maximum absolute atomic E-state index is 11.9. The average molecular weight is 338 g/mol. The van der Waals surface area contributed by atoms with E-state index in [-0.39, 0.29) is 30.7 Å². The van der Waals surface area contributed by atoms with Crippen molar-refractivity contribution in [2.75, 3.05) is 26.2 Å². The van der Waals surface area contributed by atoms with Gasteiger partial charge in [0.15, 0.2) is 0 Å². The lowest BCUT2D eigenvalue weighted by Crippen LogP contribution is -2.34. The zero-order valence-electron chi connectivity index (χ0n) is 12.3. The summed E-state index contributed by atoms with van der Waals surface area (Å²) in [4.78, 5) is 14.3. The van der Waals surface area contributed by atoms with Crippen molar-refractivity contribution in [3.05, 3.63) is 23.7 Å². The SMILES string of the molecule is CC(CNC(=O)c1coc(CN)c1)CN1CCCC1.Cl.Cl. The smallest absolute Gasteiger partial charge is 0.254 e. The molecule has 1 aliphatic rings. The standard InChI is InChI=1S/C14H23N3O2.2ClH/c1-11(9-17-4-2-3-5-17)8-16-14(18)12-6-13(7-15)19-10-12;;/h6,10-11H,2-5,7-9,15H2,1H3,(H,16,18);2*1H. The van der Waals surface area contributed by atoms with Gasteiger partial charge < -0.3 is 20.4 Å². The van der Waals surface area contributed by atoms with Crippen LogP contribution in [-0.4, -0.2) is 37.0 Å². The third kappa shape index (κ3) is 6.26. The monoisotopic (exact) mass is 337 g/mol. The molecule has 1 amide bonds. The Hall–Kier alpha value is -0.750. The lowest BCUT2D eigenvalue weighted by molar-refractivity contribution is 0.0944. The normalized spacial score (nSPS) is 15.9. The molecule has 0 aromatic carbocycles. The van der Waals surface area contributed by atoms with Crippen LogP contribution in [0.4, 0.5) is 0 Å². The molecule has 1 aromatic heterocycles. The van der Waals surface area contributed by atoms with Gasteiger partial charge >= 0.3 is 0 Å². The van der Waals surface area contributed by atoms with Gasteiger partial charge in [0.1, 0.15) is 12.0 Å². The predicted octanol–water partition coefficient (Wildman–Crippen LogP) is 2.04. The Morgan fingerprint density at radius 2 is 2.10 bits per heavy atom. The molecule has 122 valence electrons. The third-order valence-electron chi connectivity index (χ3n) is 3.50. The van der Waals surface area contributed by atoms with Crippen molar-refractivity contribution in [2.45, 2.75) is 26.3 Å². The van der Waals surface area contributed by atoms with Gasteiger partial charge in [-0.2, -0.15) is 0 Å². The van der Waals surface area contributed by atoms with E-state index in [2.05, 4.69) is 17.1 Å². The van der Waals surface area contributed by atoms with Crippen molar-refractivity contribution in [2.24, 2.45) is 11.7 Å². The van der Waals surface area contributed by atoms with Gasteiger partial charge in [-0.05, 0) is 37.9 Å². The highest BCUT2D eigenvalue weighted by atomic mass is 35.5. The minimum Gasteiger partial charge on any atom is -0.467 e. The van der Waals surface area contributed by atoms with Crippen molar-refractivity contribution in [1.82, 2.24) is 10.2 Å². The van der Waals surface area contributed by atoms with E-state index in [1.54, 1.807) is 6.07 Å². The maximum atomic E-state index is 11.9. The average Bonchev–Trinajstić information content (AvgIpc) is 3.06. The molecule has 1 fully saturated rings. The largest absolute Gasteiger partial charge is 0.467 e. The van der Waals surface area contributed by atoms with Crippen LogP contribution < -0.4 is 11.1 Å². The zero-order chi connectivity index (χ0) is 13.7.